The lowest BCUT2D eigenvalue weighted by atomic mass is 10.1. The first-order valence-corrected chi connectivity index (χ1v) is 9.87. The second-order valence-corrected chi connectivity index (χ2v) is 6.97. The van der Waals surface area contributed by atoms with Crippen molar-refractivity contribution < 1.29 is 9.53 Å². The maximum absolute atomic E-state index is 10.9. The van der Waals surface area contributed by atoms with Crippen molar-refractivity contribution in [2.45, 2.75) is 25.7 Å². The van der Waals surface area contributed by atoms with Crippen molar-refractivity contribution in [1.29, 1.82) is 0 Å². The number of ether oxygens (including phenoxy) is 1. The lowest BCUT2D eigenvalue weighted by molar-refractivity contribution is 0.112. The number of carbonyl (C=O) groups is 1. The Hall–Kier alpha value is -2.31. The summed E-state index contributed by atoms with van der Waals surface area (Å²) in [6.45, 7) is 5.43. The molecule has 0 unspecified atom stereocenters. The largest absolute Gasteiger partial charge is 0.490 e. The summed E-state index contributed by atoms with van der Waals surface area (Å²) >= 11 is 0. The molecule has 3 N–H and O–H groups in total. The second kappa shape index (κ2) is 10.1. The molecule has 0 atom stereocenters. The monoisotopic (exact) mass is 370 g/mol. The average Bonchev–Trinajstić information content (AvgIpc) is 3.19. The van der Waals surface area contributed by atoms with Gasteiger partial charge >= 0.3 is 0 Å². The molecule has 2 heterocycles. The van der Waals surface area contributed by atoms with E-state index in [1.54, 1.807) is 6.07 Å². The van der Waals surface area contributed by atoms with Gasteiger partial charge in [-0.05, 0) is 57.1 Å². The highest BCUT2D eigenvalue weighted by Gasteiger charge is 2.11. The Morgan fingerprint density at radius 1 is 1.19 bits per heavy atom. The Balaban J connectivity index is 1.69. The molecule has 1 aliphatic heterocycles. The predicted octanol–water partition coefficient (Wildman–Crippen LogP) is 2.92. The third kappa shape index (κ3) is 5.58. The topological polar surface area (TPSA) is 72.5 Å². The second-order valence-electron chi connectivity index (χ2n) is 6.97. The molecule has 6 heteroatoms. The van der Waals surface area contributed by atoms with Gasteiger partial charge in [0.1, 0.15) is 12.4 Å². The van der Waals surface area contributed by atoms with Crippen LogP contribution in [0.1, 0.15) is 36.0 Å². The molecule has 0 bridgehead atoms. The van der Waals surface area contributed by atoms with E-state index in [4.69, 9.17) is 10.5 Å². The van der Waals surface area contributed by atoms with Crippen LogP contribution in [0.25, 0.3) is 5.69 Å². The van der Waals surface area contributed by atoms with Crippen molar-refractivity contribution in [3.8, 4) is 11.4 Å². The number of rotatable bonds is 10. The number of benzene rings is 1. The number of hydrogen-bond acceptors (Lipinski definition) is 5. The highest BCUT2D eigenvalue weighted by atomic mass is 16.5. The standard InChI is InChI=1S/C21H30N4O2/c22-8-4-9-23-20-6-5-19(25-12-7-18(16-25)17-26)15-21(20)27-14-13-24-10-2-1-3-11-24/h5-7,12,15-17,23H,1-4,8-11,13-14,22H2. The smallest absolute Gasteiger partial charge is 0.151 e. The zero-order valence-corrected chi connectivity index (χ0v) is 15.9. The van der Waals surface area contributed by atoms with Gasteiger partial charge < -0.3 is 20.4 Å². The Morgan fingerprint density at radius 2 is 2.04 bits per heavy atom. The van der Waals surface area contributed by atoms with E-state index < -0.39 is 0 Å². The van der Waals surface area contributed by atoms with Gasteiger partial charge in [0.15, 0.2) is 6.29 Å². The van der Waals surface area contributed by atoms with E-state index in [-0.39, 0.29) is 0 Å². The molecule has 1 fully saturated rings. The van der Waals surface area contributed by atoms with Crippen LogP contribution in [0.5, 0.6) is 5.75 Å². The molecule has 1 aromatic heterocycles. The maximum Gasteiger partial charge on any atom is 0.151 e. The first-order valence-electron chi connectivity index (χ1n) is 9.87. The van der Waals surface area contributed by atoms with Gasteiger partial charge in [-0.2, -0.15) is 0 Å². The van der Waals surface area contributed by atoms with Crippen molar-refractivity contribution in [3.63, 3.8) is 0 Å². The van der Waals surface area contributed by atoms with Crippen LogP contribution < -0.4 is 15.8 Å². The van der Waals surface area contributed by atoms with Gasteiger partial charge in [-0.25, -0.2) is 0 Å². The van der Waals surface area contributed by atoms with Crippen molar-refractivity contribution in [2.75, 3.05) is 44.6 Å². The van der Waals surface area contributed by atoms with Gasteiger partial charge in [0.25, 0.3) is 0 Å². The van der Waals surface area contributed by atoms with E-state index in [2.05, 4.69) is 10.2 Å². The minimum Gasteiger partial charge on any atom is -0.490 e. The Labute approximate surface area is 161 Å². The fraction of sp³-hybridized carbons (Fsp3) is 0.476. The van der Waals surface area contributed by atoms with Gasteiger partial charge in [-0.1, -0.05) is 6.42 Å². The quantitative estimate of drug-likeness (QED) is 0.497. The van der Waals surface area contributed by atoms with Gasteiger partial charge in [-0.15, -0.1) is 0 Å². The summed E-state index contributed by atoms with van der Waals surface area (Å²) in [6, 6.07) is 7.88. The number of aromatic nitrogens is 1. The third-order valence-electron chi connectivity index (χ3n) is 4.93. The molecule has 0 radical (unpaired) electrons. The molecule has 1 saturated heterocycles. The number of piperidine rings is 1. The summed E-state index contributed by atoms with van der Waals surface area (Å²) in [5.41, 5.74) is 8.21. The van der Waals surface area contributed by atoms with Crippen LogP contribution in [0.15, 0.2) is 36.7 Å². The number of hydrogen-bond donors (Lipinski definition) is 2. The molecule has 0 spiro atoms. The predicted molar refractivity (Wildman–Crippen MR) is 109 cm³/mol. The van der Waals surface area contributed by atoms with Crippen molar-refractivity contribution in [3.05, 3.63) is 42.2 Å². The number of nitrogens with zero attached hydrogens (tertiary/aromatic N) is 2. The van der Waals surface area contributed by atoms with Crippen LogP contribution in [0.4, 0.5) is 5.69 Å². The Bertz CT molecular complexity index is 723. The molecule has 3 rings (SSSR count). The lowest BCUT2D eigenvalue weighted by Crippen LogP contribution is -2.33. The molecule has 27 heavy (non-hydrogen) atoms. The van der Waals surface area contributed by atoms with Crippen LogP contribution in [-0.4, -0.2) is 55.1 Å². The normalized spacial score (nSPS) is 14.9. The van der Waals surface area contributed by atoms with Gasteiger partial charge in [-0.3, -0.25) is 9.69 Å². The molecule has 2 aromatic rings. The van der Waals surface area contributed by atoms with Gasteiger partial charge in [0.2, 0.25) is 0 Å². The van der Waals surface area contributed by atoms with Crippen LogP contribution in [0.2, 0.25) is 0 Å². The van der Waals surface area contributed by atoms with Crippen molar-refractivity contribution in [2.24, 2.45) is 5.73 Å². The minimum atomic E-state index is 0.660. The molecule has 6 nitrogen and oxygen atoms in total. The Morgan fingerprint density at radius 3 is 2.78 bits per heavy atom. The van der Waals surface area contributed by atoms with Crippen molar-refractivity contribution in [1.82, 2.24) is 9.47 Å². The molecular weight excluding hydrogens is 340 g/mol. The summed E-state index contributed by atoms with van der Waals surface area (Å²) in [5, 5.41) is 3.41. The minimum absolute atomic E-state index is 0.660. The van der Waals surface area contributed by atoms with Gasteiger partial charge in [0, 0.05) is 42.8 Å². The number of anilines is 1. The summed E-state index contributed by atoms with van der Waals surface area (Å²) in [6.07, 6.45) is 9.39. The highest BCUT2D eigenvalue weighted by molar-refractivity contribution is 5.74. The summed E-state index contributed by atoms with van der Waals surface area (Å²) < 4.78 is 8.08. The number of nitrogens with two attached hydrogens (primary N) is 1. The maximum atomic E-state index is 10.9. The third-order valence-corrected chi connectivity index (χ3v) is 4.93. The summed E-state index contributed by atoms with van der Waals surface area (Å²) in [5.74, 6) is 0.836. The zero-order valence-electron chi connectivity index (χ0n) is 15.9. The SMILES string of the molecule is NCCCNc1ccc(-n2ccc(C=O)c2)cc1OCCN1CCCCC1. The molecule has 1 aliphatic rings. The summed E-state index contributed by atoms with van der Waals surface area (Å²) in [7, 11) is 0. The molecular formula is C21H30N4O2. The number of aldehydes is 1. The fourth-order valence-electron chi connectivity index (χ4n) is 3.37. The van der Waals surface area contributed by atoms with E-state index in [9.17, 15) is 4.79 Å². The number of carbonyl (C=O) groups excluding carboxylic acids is 1. The van der Waals surface area contributed by atoms with Gasteiger partial charge in [0.05, 0.1) is 5.69 Å². The fourth-order valence-corrected chi connectivity index (χ4v) is 3.37. The zero-order chi connectivity index (χ0) is 18.9. The van der Waals surface area contributed by atoms with E-state index >= 15 is 0 Å². The van der Waals surface area contributed by atoms with Crippen LogP contribution >= 0.6 is 0 Å². The highest BCUT2D eigenvalue weighted by Crippen LogP contribution is 2.28. The average molecular weight is 370 g/mol. The molecule has 0 aliphatic carbocycles. The van der Waals surface area contributed by atoms with E-state index in [1.165, 1.54) is 32.4 Å². The molecule has 0 amide bonds. The van der Waals surface area contributed by atoms with Crippen LogP contribution in [0.3, 0.4) is 0 Å². The lowest BCUT2D eigenvalue weighted by Gasteiger charge is -2.26. The first-order chi connectivity index (χ1) is 13.3. The van der Waals surface area contributed by atoms with Crippen LogP contribution in [-0.2, 0) is 0 Å². The molecule has 146 valence electrons. The summed E-state index contributed by atoms with van der Waals surface area (Å²) in [4.78, 5) is 13.4. The van der Waals surface area contributed by atoms with E-state index in [0.717, 1.165) is 42.9 Å². The first kappa shape index (κ1) is 19.5. The van der Waals surface area contributed by atoms with E-state index in [1.807, 2.05) is 35.2 Å². The van der Waals surface area contributed by atoms with E-state index in [0.29, 0.717) is 18.7 Å². The van der Waals surface area contributed by atoms with Crippen LogP contribution in [0, 0.1) is 0 Å². The molecule has 0 saturated carbocycles. The van der Waals surface area contributed by atoms with Crippen molar-refractivity contribution >= 4 is 12.0 Å². The Kier molecular flexibility index (Phi) is 7.30. The number of likely N-dealkylation sites (tertiary alicyclic amines) is 1. The molecule has 1 aromatic carbocycles. The number of nitrogens with one attached hydrogen (secondary N) is 1.